The molecule has 13 rings (SSSR count). The van der Waals surface area contributed by atoms with Crippen molar-refractivity contribution in [1.29, 1.82) is 0 Å². The third-order valence-electron chi connectivity index (χ3n) is 13.2. The molecule has 0 bridgehead atoms. The van der Waals surface area contributed by atoms with E-state index in [4.69, 9.17) is 4.42 Å². The Labute approximate surface area is 376 Å². The van der Waals surface area contributed by atoms with Crippen LogP contribution in [0.5, 0.6) is 0 Å². The molecule has 3 heteroatoms. The third-order valence-corrected chi connectivity index (χ3v) is 13.2. The number of nitrogens with zero attached hydrogens (tertiary/aromatic N) is 2. The number of hydrogen-bond acceptors (Lipinski definition) is 2. The van der Waals surface area contributed by atoms with Gasteiger partial charge in [-0.05, 0) is 93.0 Å². The molecule has 304 valence electrons. The number of hydrogen-bond donors (Lipinski definition) is 0. The van der Waals surface area contributed by atoms with Crippen LogP contribution in [0.25, 0.3) is 104 Å². The Hall–Kier alpha value is -8.66. The summed E-state index contributed by atoms with van der Waals surface area (Å²) in [7, 11) is 0. The predicted octanol–water partition coefficient (Wildman–Crippen LogP) is 17.5. The van der Waals surface area contributed by atoms with E-state index in [0.29, 0.717) is 0 Å². The van der Waals surface area contributed by atoms with Crippen molar-refractivity contribution in [2.24, 2.45) is 0 Å². The second kappa shape index (κ2) is 15.0. The van der Waals surface area contributed by atoms with Gasteiger partial charge in [-0.1, -0.05) is 188 Å². The van der Waals surface area contributed by atoms with E-state index in [9.17, 15) is 0 Å². The summed E-state index contributed by atoms with van der Waals surface area (Å²) in [5, 5.41) is 9.46. The molecule has 0 amide bonds. The minimum atomic E-state index is 0.873. The average Bonchev–Trinajstić information content (AvgIpc) is 3.92. The lowest BCUT2D eigenvalue weighted by molar-refractivity contribution is 0.670. The van der Waals surface area contributed by atoms with Crippen LogP contribution in [0.2, 0.25) is 0 Å². The normalized spacial score (nSPS) is 11.7. The standard InChI is InChI=1S/C62H40N2O/c1-3-16-41(17-4-1)43-30-34-46(35-31-43)63(47-36-32-44(33-37-47)42-18-5-2-6-19-42)59-40-60-55(39-56(59)54-27-15-26-53-52-25-12-14-29-61(52)65-62(53)54)51-24-11-13-28-57(51)64(60)58-38-45-20-7-8-21-48(45)49-22-9-10-23-50(49)58/h1-40H. The topological polar surface area (TPSA) is 21.3 Å². The Morgan fingerprint density at radius 1 is 0.323 bits per heavy atom. The number of furan rings is 1. The van der Waals surface area contributed by atoms with Crippen molar-refractivity contribution in [3.8, 4) is 39.1 Å². The molecule has 2 heterocycles. The molecule has 0 aliphatic rings. The summed E-state index contributed by atoms with van der Waals surface area (Å²) in [6, 6.07) is 87.8. The first-order valence-electron chi connectivity index (χ1n) is 22.2. The van der Waals surface area contributed by atoms with Gasteiger partial charge in [0.25, 0.3) is 0 Å². The van der Waals surface area contributed by atoms with Gasteiger partial charge in [0.2, 0.25) is 0 Å². The van der Waals surface area contributed by atoms with Gasteiger partial charge in [0.1, 0.15) is 11.2 Å². The average molecular weight is 829 g/mol. The number of benzene rings is 11. The minimum Gasteiger partial charge on any atom is -0.455 e. The molecule has 0 saturated carbocycles. The van der Waals surface area contributed by atoms with Crippen molar-refractivity contribution in [1.82, 2.24) is 4.57 Å². The molecule has 3 nitrogen and oxygen atoms in total. The highest BCUT2D eigenvalue weighted by Crippen LogP contribution is 2.49. The number of aromatic nitrogens is 1. The Bertz CT molecular complexity index is 3840. The Kier molecular flexibility index (Phi) is 8.53. The van der Waals surface area contributed by atoms with Crippen LogP contribution in [0, 0.1) is 0 Å². The molecule has 13 aromatic rings. The SMILES string of the molecule is c1ccc(-c2ccc(N(c3ccc(-c4ccccc4)cc3)c3cc4c(cc3-c3cccc5c3oc3ccccc35)c3ccccc3n4-c3cc4ccccc4c4ccccc34)cc2)cc1. The van der Waals surface area contributed by atoms with E-state index in [0.717, 1.165) is 66.8 Å². The van der Waals surface area contributed by atoms with E-state index in [1.807, 2.05) is 6.07 Å². The fraction of sp³-hybridized carbons (Fsp3) is 0. The molecule has 0 fully saturated rings. The molecule has 0 aliphatic heterocycles. The number of fused-ring (bicyclic) bond motifs is 9. The van der Waals surface area contributed by atoms with E-state index >= 15 is 0 Å². The molecule has 0 atom stereocenters. The maximum atomic E-state index is 6.85. The summed E-state index contributed by atoms with van der Waals surface area (Å²) in [6.45, 7) is 0. The maximum Gasteiger partial charge on any atom is 0.143 e. The zero-order chi connectivity index (χ0) is 42.8. The molecule has 0 saturated heterocycles. The van der Waals surface area contributed by atoms with Gasteiger partial charge in [-0.3, -0.25) is 0 Å². The lowest BCUT2D eigenvalue weighted by Crippen LogP contribution is -2.11. The molecule has 0 N–H and O–H groups in total. The van der Waals surface area contributed by atoms with Crippen LogP contribution in [-0.2, 0) is 0 Å². The summed E-state index contributed by atoms with van der Waals surface area (Å²) in [6.07, 6.45) is 0. The van der Waals surface area contributed by atoms with Gasteiger partial charge in [-0.15, -0.1) is 0 Å². The van der Waals surface area contributed by atoms with Crippen molar-refractivity contribution in [2.45, 2.75) is 0 Å². The van der Waals surface area contributed by atoms with Crippen molar-refractivity contribution in [2.75, 3.05) is 4.90 Å². The number of rotatable bonds is 7. The van der Waals surface area contributed by atoms with Gasteiger partial charge in [-0.25, -0.2) is 0 Å². The summed E-state index contributed by atoms with van der Waals surface area (Å²) >= 11 is 0. The monoisotopic (exact) mass is 828 g/mol. The van der Waals surface area contributed by atoms with Gasteiger partial charge >= 0.3 is 0 Å². The quantitative estimate of drug-likeness (QED) is 0.149. The largest absolute Gasteiger partial charge is 0.455 e. The number of para-hydroxylation sites is 3. The highest BCUT2D eigenvalue weighted by molar-refractivity contribution is 6.18. The summed E-state index contributed by atoms with van der Waals surface area (Å²) in [4.78, 5) is 2.43. The van der Waals surface area contributed by atoms with Crippen LogP contribution in [-0.4, -0.2) is 4.57 Å². The molecule has 0 spiro atoms. The Morgan fingerprint density at radius 3 is 1.55 bits per heavy atom. The van der Waals surface area contributed by atoms with Gasteiger partial charge < -0.3 is 13.9 Å². The molecular weight excluding hydrogens is 789 g/mol. The van der Waals surface area contributed by atoms with Crippen LogP contribution in [0.3, 0.4) is 0 Å². The van der Waals surface area contributed by atoms with Crippen LogP contribution in [0.1, 0.15) is 0 Å². The van der Waals surface area contributed by atoms with Crippen LogP contribution >= 0.6 is 0 Å². The minimum absolute atomic E-state index is 0.873. The first kappa shape index (κ1) is 36.9. The highest BCUT2D eigenvalue weighted by Gasteiger charge is 2.25. The zero-order valence-electron chi connectivity index (χ0n) is 35.4. The van der Waals surface area contributed by atoms with Crippen molar-refractivity contribution in [3.05, 3.63) is 243 Å². The van der Waals surface area contributed by atoms with E-state index < -0.39 is 0 Å². The first-order chi connectivity index (χ1) is 32.2. The van der Waals surface area contributed by atoms with Gasteiger partial charge in [0, 0.05) is 49.4 Å². The van der Waals surface area contributed by atoms with Crippen molar-refractivity contribution >= 4 is 82.4 Å². The van der Waals surface area contributed by atoms with Crippen LogP contribution < -0.4 is 4.90 Å². The molecular formula is C62H40N2O. The molecule has 0 radical (unpaired) electrons. The summed E-state index contributed by atoms with van der Waals surface area (Å²) in [5.41, 5.74) is 15.1. The molecule has 0 unspecified atom stereocenters. The first-order valence-corrected chi connectivity index (χ1v) is 22.2. The molecule has 0 aliphatic carbocycles. The van der Waals surface area contributed by atoms with Crippen molar-refractivity contribution in [3.63, 3.8) is 0 Å². The van der Waals surface area contributed by atoms with Crippen LogP contribution in [0.4, 0.5) is 17.1 Å². The fourth-order valence-electron chi connectivity index (χ4n) is 10.1. The van der Waals surface area contributed by atoms with E-state index in [-0.39, 0.29) is 0 Å². The second-order valence-electron chi connectivity index (χ2n) is 16.8. The summed E-state index contributed by atoms with van der Waals surface area (Å²) < 4.78 is 9.34. The van der Waals surface area contributed by atoms with Crippen molar-refractivity contribution < 1.29 is 4.42 Å². The maximum absolute atomic E-state index is 6.85. The molecule has 11 aromatic carbocycles. The van der Waals surface area contributed by atoms with Gasteiger partial charge in [0.15, 0.2) is 0 Å². The van der Waals surface area contributed by atoms with E-state index in [1.54, 1.807) is 0 Å². The van der Waals surface area contributed by atoms with E-state index in [1.165, 1.54) is 54.6 Å². The van der Waals surface area contributed by atoms with Crippen LogP contribution in [0.15, 0.2) is 247 Å². The van der Waals surface area contributed by atoms with Gasteiger partial charge in [0.05, 0.1) is 22.4 Å². The fourth-order valence-corrected chi connectivity index (χ4v) is 10.1. The zero-order valence-corrected chi connectivity index (χ0v) is 35.4. The predicted molar refractivity (Wildman–Crippen MR) is 274 cm³/mol. The molecule has 2 aromatic heterocycles. The second-order valence-corrected chi connectivity index (χ2v) is 16.8. The lowest BCUT2D eigenvalue weighted by atomic mass is 9.96. The highest BCUT2D eigenvalue weighted by atomic mass is 16.3. The smallest absolute Gasteiger partial charge is 0.143 e. The number of anilines is 3. The molecule has 65 heavy (non-hydrogen) atoms. The lowest BCUT2D eigenvalue weighted by Gasteiger charge is -2.29. The Morgan fingerprint density at radius 2 is 0.862 bits per heavy atom. The van der Waals surface area contributed by atoms with Gasteiger partial charge in [-0.2, -0.15) is 0 Å². The Balaban J connectivity index is 1.14. The third kappa shape index (κ3) is 6.05. The van der Waals surface area contributed by atoms with E-state index in [2.05, 4.69) is 246 Å². The summed E-state index contributed by atoms with van der Waals surface area (Å²) in [5.74, 6) is 0.